The highest BCUT2D eigenvalue weighted by Gasteiger charge is 2.47. The smallest absolute Gasteiger partial charge is 0.232 e. The molecular weight excluding hydrogens is 372 g/mol. The van der Waals surface area contributed by atoms with Crippen molar-refractivity contribution in [3.8, 4) is 0 Å². The molecule has 6 nitrogen and oxygen atoms in total. The summed E-state index contributed by atoms with van der Waals surface area (Å²) in [4.78, 5) is 18.8. The number of nitrogens with two attached hydrogens (primary N) is 1. The lowest BCUT2D eigenvalue weighted by molar-refractivity contribution is 0.215. The molecule has 1 aromatic rings. The fraction of sp³-hybridized carbons (Fsp3) is 0.857. The SMILES string of the molecule is CC1(C)CCCC(C)(C)N1c1nc(Cl)nc(N2C(C)(C)CC(N)CC2(C)C)n1. The lowest BCUT2D eigenvalue weighted by Gasteiger charge is -2.55. The molecule has 0 unspecified atom stereocenters. The van der Waals surface area contributed by atoms with Gasteiger partial charge in [-0.05, 0) is 99.1 Å². The van der Waals surface area contributed by atoms with E-state index >= 15 is 0 Å². The second-order valence-electron chi connectivity index (χ2n) is 11.1. The van der Waals surface area contributed by atoms with Gasteiger partial charge in [-0.15, -0.1) is 0 Å². The lowest BCUT2D eigenvalue weighted by atomic mass is 9.77. The minimum absolute atomic E-state index is 0.0427. The van der Waals surface area contributed by atoms with E-state index in [1.54, 1.807) is 0 Å². The minimum atomic E-state index is -0.171. The first-order valence-corrected chi connectivity index (χ1v) is 10.8. The zero-order valence-electron chi connectivity index (χ0n) is 18.8. The van der Waals surface area contributed by atoms with Gasteiger partial charge < -0.3 is 15.5 Å². The highest BCUT2D eigenvalue weighted by Crippen LogP contribution is 2.43. The highest BCUT2D eigenvalue weighted by molar-refractivity contribution is 6.28. The number of anilines is 2. The summed E-state index contributed by atoms with van der Waals surface area (Å²) in [6, 6.07) is 0.165. The number of nitrogens with zero attached hydrogens (tertiary/aromatic N) is 5. The van der Waals surface area contributed by atoms with Crippen molar-refractivity contribution in [2.45, 2.75) is 116 Å². The van der Waals surface area contributed by atoms with Gasteiger partial charge in [-0.1, -0.05) is 0 Å². The van der Waals surface area contributed by atoms with Gasteiger partial charge in [0.25, 0.3) is 0 Å². The Morgan fingerprint density at radius 3 is 1.57 bits per heavy atom. The third-order valence-electron chi connectivity index (χ3n) is 6.51. The standard InChI is InChI=1S/C21H37ClN6/c1-18(2)10-9-11-19(3,4)27(18)16-24-15(22)25-17(26-16)28-20(5,6)12-14(23)13-21(28,7)8/h14H,9-13,23H2,1-8H3. The maximum Gasteiger partial charge on any atom is 0.232 e. The summed E-state index contributed by atoms with van der Waals surface area (Å²) in [5.74, 6) is 1.32. The van der Waals surface area contributed by atoms with Crippen LogP contribution in [0, 0.1) is 0 Å². The molecule has 1 aromatic heterocycles. The van der Waals surface area contributed by atoms with Crippen molar-refractivity contribution in [1.29, 1.82) is 0 Å². The second-order valence-corrected chi connectivity index (χ2v) is 11.5. The molecule has 0 amide bonds. The van der Waals surface area contributed by atoms with Gasteiger partial charge in [0.2, 0.25) is 17.2 Å². The molecule has 0 radical (unpaired) electrons. The molecule has 0 aliphatic carbocycles. The Hall–Kier alpha value is -1.14. The third kappa shape index (κ3) is 3.82. The topological polar surface area (TPSA) is 71.2 Å². The Morgan fingerprint density at radius 2 is 1.14 bits per heavy atom. The summed E-state index contributed by atoms with van der Waals surface area (Å²) in [7, 11) is 0. The molecule has 2 aliphatic rings. The molecule has 2 N–H and O–H groups in total. The number of hydrogen-bond acceptors (Lipinski definition) is 6. The van der Waals surface area contributed by atoms with E-state index in [1.165, 1.54) is 6.42 Å². The molecule has 158 valence electrons. The first-order valence-electron chi connectivity index (χ1n) is 10.4. The van der Waals surface area contributed by atoms with Crippen LogP contribution in [-0.4, -0.2) is 43.1 Å². The number of aromatic nitrogens is 3. The molecule has 0 aromatic carbocycles. The number of halogens is 1. The van der Waals surface area contributed by atoms with Crippen LogP contribution >= 0.6 is 11.6 Å². The molecule has 3 heterocycles. The number of piperidine rings is 2. The fourth-order valence-electron chi connectivity index (χ4n) is 5.97. The van der Waals surface area contributed by atoms with Gasteiger partial charge in [-0.25, -0.2) is 0 Å². The Bertz CT molecular complexity index is 708. The van der Waals surface area contributed by atoms with E-state index in [1.807, 2.05) is 0 Å². The minimum Gasteiger partial charge on any atom is -0.330 e. The van der Waals surface area contributed by atoms with Crippen LogP contribution in [0.2, 0.25) is 5.28 Å². The monoisotopic (exact) mass is 408 g/mol. The maximum atomic E-state index is 6.45. The zero-order valence-corrected chi connectivity index (χ0v) is 19.6. The van der Waals surface area contributed by atoms with E-state index in [4.69, 9.17) is 22.3 Å². The van der Waals surface area contributed by atoms with Gasteiger partial charge in [0.1, 0.15) is 0 Å². The number of hydrogen-bond donors (Lipinski definition) is 1. The van der Waals surface area contributed by atoms with Gasteiger partial charge in [0.05, 0.1) is 0 Å². The summed E-state index contributed by atoms with van der Waals surface area (Å²) in [5.41, 5.74) is 5.93. The summed E-state index contributed by atoms with van der Waals surface area (Å²) in [6.45, 7) is 17.9. The van der Waals surface area contributed by atoms with Crippen molar-refractivity contribution in [1.82, 2.24) is 15.0 Å². The Kier molecular flexibility index (Phi) is 5.16. The van der Waals surface area contributed by atoms with Gasteiger partial charge in [-0.3, -0.25) is 0 Å². The molecule has 3 rings (SSSR count). The third-order valence-corrected chi connectivity index (χ3v) is 6.68. The molecule has 0 bridgehead atoms. The molecule has 28 heavy (non-hydrogen) atoms. The summed E-state index contributed by atoms with van der Waals surface area (Å²) in [6.07, 6.45) is 5.17. The second kappa shape index (κ2) is 6.69. The van der Waals surface area contributed by atoms with E-state index in [-0.39, 0.29) is 33.5 Å². The fourth-order valence-corrected chi connectivity index (χ4v) is 6.12. The first-order chi connectivity index (χ1) is 12.7. The summed E-state index contributed by atoms with van der Waals surface area (Å²) < 4.78 is 0. The van der Waals surface area contributed by atoms with Gasteiger partial charge in [-0.2, -0.15) is 15.0 Å². The van der Waals surface area contributed by atoms with Crippen molar-refractivity contribution < 1.29 is 0 Å². The maximum absolute atomic E-state index is 6.45. The van der Waals surface area contributed by atoms with Crippen LogP contribution in [0.25, 0.3) is 0 Å². The largest absolute Gasteiger partial charge is 0.330 e. The van der Waals surface area contributed by atoms with Crippen LogP contribution in [0.15, 0.2) is 0 Å². The van der Waals surface area contributed by atoms with Crippen LogP contribution in [0.3, 0.4) is 0 Å². The molecule has 2 aliphatic heterocycles. The van der Waals surface area contributed by atoms with Gasteiger partial charge in [0.15, 0.2) is 0 Å². The summed E-state index contributed by atoms with van der Waals surface area (Å²) in [5, 5.41) is 0.249. The van der Waals surface area contributed by atoms with Crippen LogP contribution in [0.5, 0.6) is 0 Å². The highest BCUT2D eigenvalue weighted by atomic mass is 35.5. The predicted octanol–water partition coefficient (Wildman–Crippen LogP) is 4.56. The van der Waals surface area contributed by atoms with E-state index in [0.717, 1.165) is 25.7 Å². The van der Waals surface area contributed by atoms with Crippen LogP contribution < -0.4 is 15.5 Å². The Balaban J connectivity index is 2.12. The van der Waals surface area contributed by atoms with Gasteiger partial charge >= 0.3 is 0 Å². The normalized spacial score (nSPS) is 26.4. The Labute approximate surface area is 175 Å². The summed E-state index contributed by atoms with van der Waals surface area (Å²) >= 11 is 6.45. The molecule has 7 heteroatoms. The van der Waals surface area contributed by atoms with Gasteiger partial charge in [0, 0.05) is 28.2 Å². The quantitative estimate of drug-likeness (QED) is 0.773. The average Bonchev–Trinajstić information content (AvgIpc) is 2.40. The number of rotatable bonds is 2. The van der Waals surface area contributed by atoms with Crippen molar-refractivity contribution in [2.24, 2.45) is 5.73 Å². The first kappa shape index (κ1) is 21.6. The average molecular weight is 409 g/mol. The van der Waals surface area contributed by atoms with E-state index < -0.39 is 0 Å². The zero-order chi connectivity index (χ0) is 21.1. The van der Waals surface area contributed by atoms with Crippen LogP contribution in [0.4, 0.5) is 11.9 Å². The van der Waals surface area contributed by atoms with E-state index in [9.17, 15) is 0 Å². The van der Waals surface area contributed by atoms with E-state index in [0.29, 0.717) is 11.9 Å². The van der Waals surface area contributed by atoms with Crippen LogP contribution in [-0.2, 0) is 0 Å². The molecule has 2 saturated heterocycles. The van der Waals surface area contributed by atoms with Crippen molar-refractivity contribution in [3.05, 3.63) is 5.28 Å². The van der Waals surface area contributed by atoms with Crippen LogP contribution in [0.1, 0.15) is 87.5 Å². The van der Waals surface area contributed by atoms with E-state index in [2.05, 4.69) is 75.2 Å². The van der Waals surface area contributed by atoms with Crippen molar-refractivity contribution in [3.63, 3.8) is 0 Å². The predicted molar refractivity (Wildman–Crippen MR) is 117 cm³/mol. The molecule has 0 atom stereocenters. The molecule has 0 spiro atoms. The molecule has 2 fully saturated rings. The molecule has 0 saturated carbocycles. The van der Waals surface area contributed by atoms with Crippen molar-refractivity contribution in [2.75, 3.05) is 9.80 Å². The molecular formula is C21H37ClN6. The van der Waals surface area contributed by atoms with Crippen molar-refractivity contribution >= 4 is 23.5 Å². The Morgan fingerprint density at radius 1 is 0.750 bits per heavy atom. The lowest BCUT2D eigenvalue weighted by Crippen LogP contribution is -2.64.